The Hall–Kier alpha value is -2.35. The number of para-hydroxylation sites is 2. The summed E-state index contributed by atoms with van der Waals surface area (Å²) in [6.07, 6.45) is 0. The van der Waals surface area contributed by atoms with Crippen LogP contribution >= 0.6 is 11.8 Å². The second-order valence-corrected chi connectivity index (χ2v) is 5.50. The van der Waals surface area contributed by atoms with Gasteiger partial charge in [0.05, 0.1) is 11.0 Å². The van der Waals surface area contributed by atoms with E-state index in [9.17, 15) is 0 Å². The predicted molar refractivity (Wildman–Crippen MR) is 83.9 cm³/mol. The first-order valence-electron chi connectivity index (χ1n) is 6.39. The van der Waals surface area contributed by atoms with Crippen LogP contribution in [0.2, 0.25) is 0 Å². The summed E-state index contributed by atoms with van der Waals surface area (Å²) in [6.45, 7) is 0. The van der Waals surface area contributed by atoms with E-state index in [0.29, 0.717) is 17.1 Å². The van der Waals surface area contributed by atoms with Crippen LogP contribution in [-0.2, 0) is 0 Å². The first-order chi connectivity index (χ1) is 10.2. The van der Waals surface area contributed by atoms with Crippen LogP contribution in [-0.4, -0.2) is 46.1 Å². The molecule has 3 aromatic rings. The van der Waals surface area contributed by atoms with Crippen LogP contribution in [0.3, 0.4) is 0 Å². The molecule has 0 saturated heterocycles. The third-order valence-electron chi connectivity index (χ3n) is 2.78. The van der Waals surface area contributed by atoms with E-state index in [1.165, 1.54) is 11.8 Å². The molecule has 2 aromatic heterocycles. The minimum Gasteiger partial charge on any atom is -0.357 e. The van der Waals surface area contributed by atoms with Crippen LogP contribution in [0, 0.1) is 0 Å². The van der Waals surface area contributed by atoms with Crippen molar-refractivity contribution < 1.29 is 0 Å². The number of fused-ring (bicyclic) bond motifs is 1. The summed E-state index contributed by atoms with van der Waals surface area (Å²) in [5.74, 6) is 1.14. The monoisotopic (exact) mass is 301 g/mol. The maximum atomic E-state index is 4.51. The SMILES string of the molecule is CNc1nc(Sc2nc3ccccc3[nH]2)nc(N(C)C)n1. The van der Waals surface area contributed by atoms with Crippen molar-refractivity contribution >= 4 is 34.7 Å². The molecular weight excluding hydrogens is 286 g/mol. The van der Waals surface area contributed by atoms with E-state index >= 15 is 0 Å². The number of rotatable bonds is 4. The molecule has 21 heavy (non-hydrogen) atoms. The molecule has 7 nitrogen and oxygen atoms in total. The fraction of sp³-hybridized carbons (Fsp3) is 0.231. The van der Waals surface area contributed by atoms with Gasteiger partial charge in [0.2, 0.25) is 17.1 Å². The van der Waals surface area contributed by atoms with E-state index in [2.05, 4.69) is 30.2 Å². The highest BCUT2D eigenvalue weighted by atomic mass is 32.2. The first-order valence-corrected chi connectivity index (χ1v) is 7.21. The maximum Gasteiger partial charge on any atom is 0.230 e. The molecular formula is C13H15N7S. The van der Waals surface area contributed by atoms with Crippen molar-refractivity contribution in [2.24, 2.45) is 0 Å². The quantitative estimate of drug-likeness (QED) is 0.762. The Bertz CT molecular complexity index is 735. The van der Waals surface area contributed by atoms with Crippen LogP contribution in [0.1, 0.15) is 0 Å². The van der Waals surface area contributed by atoms with E-state index in [0.717, 1.165) is 16.2 Å². The normalized spacial score (nSPS) is 10.8. The lowest BCUT2D eigenvalue weighted by Gasteiger charge is -2.11. The van der Waals surface area contributed by atoms with Gasteiger partial charge in [-0.25, -0.2) is 4.98 Å². The molecule has 0 saturated carbocycles. The fourth-order valence-corrected chi connectivity index (χ4v) is 2.50. The lowest BCUT2D eigenvalue weighted by molar-refractivity contribution is 0.866. The van der Waals surface area contributed by atoms with Crippen molar-refractivity contribution in [2.75, 3.05) is 31.4 Å². The molecule has 0 aliphatic rings. The Kier molecular flexibility index (Phi) is 3.61. The van der Waals surface area contributed by atoms with Crippen LogP contribution < -0.4 is 10.2 Å². The number of imidazole rings is 1. The summed E-state index contributed by atoms with van der Waals surface area (Å²) in [7, 11) is 5.57. The number of anilines is 2. The lowest BCUT2D eigenvalue weighted by atomic mass is 10.3. The molecule has 0 aliphatic heterocycles. The third-order valence-corrected chi connectivity index (χ3v) is 3.53. The molecule has 3 rings (SSSR count). The van der Waals surface area contributed by atoms with Crippen LogP contribution in [0.25, 0.3) is 11.0 Å². The molecule has 1 aromatic carbocycles. The van der Waals surface area contributed by atoms with Crippen molar-refractivity contribution in [2.45, 2.75) is 10.3 Å². The van der Waals surface area contributed by atoms with Crippen molar-refractivity contribution in [3.8, 4) is 0 Å². The van der Waals surface area contributed by atoms with Gasteiger partial charge in [0, 0.05) is 21.1 Å². The molecule has 0 atom stereocenters. The maximum absolute atomic E-state index is 4.51. The topological polar surface area (TPSA) is 82.6 Å². The fourth-order valence-electron chi connectivity index (χ4n) is 1.77. The lowest BCUT2D eigenvalue weighted by Crippen LogP contribution is -2.15. The number of benzene rings is 1. The van der Waals surface area contributed by atoms with Gasteiger partial charge in [0.25, 0.3) is 0 Å². The summed E-state index contributed by atoms with van der Waals surface area (Å²) >= 11 is 1.38. The summed E-state index contributed by atoms with van der Waals surface area (Å²) in [5.41, 5.74) is 1.92. The van der Waals surface area contributed by atoms with Crippen molar-refractivity contribution in [3.05, 3.63) is 24.3 Å². The average Bonchev–Trinajstić information content (AvgIpc) is 2.88. The molecule has 0 spiro atoms. The standard InChI is InChI=1S/C13H15N7S/c1-14-10-17-11(20(2)3)19-13(18-10)21-12-15-8-6-4-5-7-9(8)16-12/h4-7H,1-3H3,(H,15,16)(H,14,17,18,19). The summed E-state index contributed by atoms with van der Waals surface area (Å²) in [6, 6.07) is 7.89. The molecule has 0 radical (unpaired) electrons. The second-order valence-electron chi connectivity index (χ2n) is 4.55. The zero-order valence-electron chi connectivity index (χ0n) is 12.0. The number of aromatic nitrogens is 5. The summed E-state index contributed by atoms with van der Waals surface area (Å²) < 4.78 is 0. The van der Waals surface area contributed by atoms with Gasteiger partial charge in [-0.05, 0) is 23.9 Å². The number of hydrogen-bond acceptors (Lipinski definition) is 7. The van der Waals surface area contributed by atoms with Gasteiger partial charge in [-0.3, -0.25) is 0 Å². The Morgan fingerprint density at radius 1 is 1.10 bits per heavy atom. The van der Waals surface area contributed by atoms with E-state index in [-0.39, 0.29) is 0 Å². The zero-order valence-corrected chi connectivity index (χ0v) is 12.8. The summed E-state index contributed by atoms with van der Waals surface area (Å²) in [5, 5.41) is 4.30. The number of H-pyrrole nitrogens is 1. The molecule has 2 heterocycles. The number of hydrogen-bond donors (Lipinski definition) is 2. The molecule has 2 N–H and O–H groups in total. The Morgan fingerprint density at radius 3 is 2.62 bits per heavy atom. The number of nitrogens with zero attached hydrogens (tertiary/aromatic N) is 5. The molecule has 0 fully saturated rings. The molecule has 0 amide bonds. The highest BCUT2D eigenvalue weighted by molar-refractivity contribution is 7.99. The minimum absolute atomic E-state index is 0.535. The van der Waals surface area contributed by atoms with Gasteiger partial charge >= 0.3 is 0 Å². The third kappa shape index (κ3) is 2.89. The predicted octanol–water partition coefficient (Wildman–Crippen LogP) is 2.01. The van der Waals surface area contributed by atoms with Gasteiger partial charge in [0.15, 0.2) is 5.16 Å². The highest BCUT2D eigenvalue weighted by Crippen LogP contribution is 2.26. The second kappa shape index (κ2) is 5.57. The minimum atomic E-state index is 0.535. The van der Waals surface area contributed by atoms with E-state index in [4.69, 9.17) is 0 Å². The van der Waals surface area contributed by atoms with Gasteiger partial charge in [-0.15, -0.1) is 0 Å². The van der Waals surface area contributed by atoms with Gasteiger partial charge in [0.1, 0.15) is 0 Å². The van der Waals surface area contributed by atoms with Crippen LogP contribution in [0.15, 0.2) is 34.6 Å². The van der Waals surface area contributed by atoms with Crippen molar-refractivity contribution in [3.63, 3.8) is 0 Å². The van der Waals surface area contributed by atoms with E-state index in [1.54, 1.807) is 7.05 Å². The Balaban J connectivity index is 1.94. The molecule has 0 bridgehead atoms. The van der Waals surface area contributed by atoms with Crippen molar-refractivity contribution in [1.29, 1.82) is 0 Å². The molecule has 0 aliphatic carbocycles. The smallest absolute Gasteiger partial charge is 0.230 e. The molecule has 8 heteroatoms. The van der Waals surface area contributed by atoms with Crippen LogP contribution in [0.5, 0.6) is 0 Å². The molecule has 0 unspecified atom stereocenters. The van der Waals surface area contributed by atoms with E-state index < -0.39 is 0 Å². The van der Waals surface area contributed by atoms with E-state index in [1.807, 2.05) is 43.3 Å². The van der Waals surface area contributed by atoms with Gasteiger partial charge < -0.3 is 15.2 Å². The van der Waals surface area contributed by atoms with Gasteiger partial charge in [-0.2, -0.15) is 15.0 Å². The Morgan fingerprint density at radius 2 is 1.90 bits per heavy atom. The molecule has 108 valence electrons. The number of nitrogens with one attached hydrogen (secondary N) is 2. The zero-order chi connectivity index (χ0) is 14.8. The van der Waals surface area contributed by atoms with Crippen LogP contribution in [0.4, 0.5) is 11.9 Å². The Labute approximate surface area is 126 Å². The van der Waals surface area contributed by atoms with Crippen molar-refractivity contribution in [1.82, 2.24) is 24.9 Å². The number of aromatic amines is 1. The van der Waals surface area contributed by atoms with Gasteiger partial charge in [-0.1, -0.05) is 12.1 Å². The highest BCUT2D eigenvalue weighted by Gasteiger charge is 2.11. The summed E-state index contributed by atoms with van der Waals surface area (Å²) in [4.78, 5) is 22.6. The first kappa shape index (κ1) is 13.6. The largest absolute Gasteiger partial charge is 0.357 e. The average molecular weight is 301 g/mol.